The third-order valence-electron chi connectivity index (χ3n) is 4.48. The highest BCUT2D eigenvalue weighted by Gasteiger charge is 2.23. The number of nitrogens with zero attached hydrogens (tertiary/aromatic N) is 1. The number of aromatic nitrogens is 2. The Hall–Kier alpha value is -1.82. The Bertz CT molecular complexity index is 902. The average molecular weight is 359 g/mol. The number of likely N-dealkylation sites (tertiary alicyclic amines) is 1. The van der Waals surface area contributed by atoms with E-state index in [1.807, 2.05) is 12.1 Å². The molecule has 1 aromatic heterocycles. The highest BCUT2D eigenvalue weighted by Crippen LogP contribution is 2.28. The second kappa shape index (κ2) is 6.59. The number of anilines is 1. The summed E-state index contributed by atoms with van der Waals surface area (Å²) in [6.07, 6.45) is 1.12. The van der Waals surface area contributed by atoms with Crippen molar-refractivity contribution in [2.75, 3.05) is 18.4 Å². The summed E-state index contributed by atoms with van der Waals surface area (Å²) in [4.78, 5) is 8.71. The smallest absolute Gasteiger partial charge is 0.175 e. The minimum Gasteiger partial charge on any atom is -0.380 e. The maximum Gasteiger partial charge on any atom is 0.175 e. The molecule has 3 aromatic rings. The van der Waals surface area contributed by atoms with E-state index in [1.165, 1.54) is 5.56 Å². The molecule has 4 nitrogen and oxygen atoms in total. The van der Waals surface area contributed by atoms with Crippen LogP contribution in [0.3, 0.4) is 0 Å². The van der Waals surface area contributed by atoms with Crippen LogP contribution in [0.25, 0.3) is 11.0 Å². The van der Waals surface area contributed by atoms with E-state index in [1.54, 1.807) is 0 Å². The fraction of sp³-hybridized carbons (Fsp3) is 0.278. The molecule has 3 N–H and O–H groups in total. The largest absolute Gasteiger partial charge is 0.380 e. The lowest BCUT2D eigenvalue weighted by molar-refractivity contribution is 0.328. The van der Waals surface area contributed by atoms with Gasteiger partial charge in [-0.25, -0.2) is 0 Å². The minimum atomic E-state index is 0.408. The normalized spacial score (nSPS) is 18.3. The maximum atomic E-state index is 6.41. The van der Waals surface area contributed by atoms with Crippen LogP contribution in [0.5, 0.6) is 0 Å². The Morgan fingerprint density at radius 3 is 2.71 bits per heavy atom. The fourth-order valence-corrected chi connectivity index (χ4v) is 3.76. The predicted octanol–water partition coefficient (Wildman–Crippen LogP) is 4.57. The SMILES string of the molecule is S=c1[nH]c2cc(Cl)c(NC3CCN(Cc4ccccc4)C3)cc2[nH]1. The predicted molar refractivity (Wildman–Crippen MR) is 102 cm³/mol. The molecule has 124 valence electrons. The quantitative estimate of drug-likeness (QED) is 0.599. The number of fused-ring (bicyclic) bond motifs is 1. The molecule has 1 aliphatic heterocycles. The zero-order chi connectivity index (χ0) is 16.5. The van der Waals surface area contributed by atoms with Crippen molar-refractivity contribution in [1.29, 1.82) is 0 Å². The Balaban J connectivity index is 1.44. The molecule has 24 heavy (non-hydrogen) atoms. The fourth-order valence-electron chi connectivity index (χ4n) is 3.32. The molecule has 2 aromatic carbocycles. The molecule has 2 heterocycles. The van der Waals surface area contributed by atoms with E-state index in [9.17, 15) is 0 Å². The van der Waals surface area contributed by atoms with Crippen molar-refractivity contribution in [2.24, 2.45) is 0 Å². The first-order valence-corrected chi connectivity index (χ1v) is 8.90. The number of imidazole rings is 1. The Morgan fingerprint density at radius 2 is 1.92 bits per heavy atom. The number of rotatable bonds is 4. The van der Waals surface area contributed by atoms with Crippen molar-refractivity contribution in [3.63, 3.8) is 0 Å². The minimum absolute atomic E-state index is 0.408. The summed E-state index contributed by atoms with van der Waals surface area (Å²) in [6.45, 7) is 3.11. The van der Waals surface area contributed by atoms with Gasteiger partial charge in [0.2, 0.25) is 0 Å². The lowest BCUT2D eigenvalue weighted by Gasteiger charge is -2.18. The number of aromatic amines is 2. The van der Waals surface area contributed by atoms with Crippen LogP contribution in [0.2, 0.25) is 5.02 Å². The summed E-state index contributed by atoms with van der Waals surface area (Å²) in [5, 5.41) is 4.30. The van der Waals surface area contributed by atoms with Gasteiger partial charge in [0.25, 0.3) is 0 Å². The van der Waals surface area contributed by atoms with Crippen molar-refractivity contribution in [3.05, 3.63) is 57.8 Å². The number of benzene rings is 2. The number of H-pyrrole nitrogens is 2. The van der Waals surface area contributed by atoms with Crippen molar-refractivity contribution in [3.8, 4) is 0 Å². The van der Waals surface area contributed by atoms with E-state index in [4.69, 9.17) is 23.8 Å². The first kappa shape index (κ1) is 15.7. The van der Waals surface area contributed by atoms with Crippen LogP contribution in [0.4, 0.5) is 5.69 Å². The monoisotopic (exact) mass is 358 g/mol. The van der Waals surface area contributed by atoms with Gasteiger partial charge in [-0.15, -0.1) is 0 Å². The zero-order valence-electron chi connectivity index (χ0n) is 13.2. The van der Waals surface area contributed by atoms with Crippen LogP contribution in [0.1, 0.15) is 12.0 Å². The van der Waals surface area contributed by atoms with E-state index < -0.39 is 0 Å². The van der Waals surface area contributed by atoms with Gasteiger partial charge in [0, 0.05) is 25.7 Å². The Kier molecular flexibility index (Phi) is 4.31. The number of halogens is 1. The van der Waals surface area contributed by atoms with Crippen LogP contribution in [0.15, 0.2) is 42.5 Å². The molecule has 0 radical (unpaired) electrons. The first-order chi connectivity index (χ1) is 11.7. The second-order valence-corrected chi connectivity index (χ2v) is 7.12. The third-order valence-corrected chi connectivity index (χ3v) is 5.00. The van der Waals surface area contributed by atoms with Crippen LogP contribution in [0, 0.1) is 4.77 Å². The first-order valence-electron chi connectivity index (χ1n) is 8.12. The van der Waals surface area contributed by atoms with Gasteiger partial charge in [-0.05, 0) is 36.3 Å². The van der Waals surface area contributed by atoms with Crippen LogP contribution in [-0.2, 0) is 6.54 Å². The average Bonchev–Trinajstić information content (AvgIpc) is 3.14. The summed E-state index contributed by atoms with van der Waals surface area (Å²) in [7, 11) is 0. The number of hydrogen-bond acceptors (Lipinski definition) is 3. The number of hydrogen-bond donors (Lipinski definition) is 3. The van der Waals surface area contributed by atoms with Gasteiger partial charge in [0.15, 0.2) is 4.77 Å². The molecule has 0 aliphatic carbocycles. The molecular formula is C18H19ClN4S. The van der Waals surface area contributed by atoms with Gasteiger partial charge < -0.3 is 15.3 Å². The molecule has 0 amide bonds. The van der Waals surface area contributed by atoms with Crippen LogP contribution >= 0.6 is 23.8 Å². The van der Waals surface area contributed by atoms with Crippen molar-refractivity contribution in [1.82, 2.24) is 14.9 Å². The van der Waals surface area contributed by atoms with Crippen molar-refractivity contribution < 1.29 is 0 Å². The highest BCUT2D eigenvalue weighted by atomic mass is 35.5. The summed E-state index contributed by atoms with van der Waals surface area (Å²) < 4.78 is 0.619. The third kappa shape index (κ3) is 3.34. The van der Waals surface area contributed by atoms with Crippen LogP contribution in [-0.4, -0.2) is 34.0 Å². The molecule has 0 saturated carbocycles. The Morgan fingerprint density at radius 1 is 1.17 bits per heavy atom. The molecule has 0 spiro atoms. The molecule has 1 fully saturated rings. The van der Waals surface area contributed by atoms with Crippen LogP contribution < -0.4 is 5.32 Å². The summed E-state index contributed by atoms with van der Waals surface area (Å²) in [5.74, 6) is 0. The van der Waals surface area contributed by atoms with Gasteiger partial charge in [-0.1, -0.05) is 41.9 Å². The van der Waals surface area contributed by atoms with Gasteiger partial charge in [-0.3, -0.25) is 4.90 Å². The Labute approximate surface area is 150 Å². The van der Waals surface area contributed by atoms with Crippen molar-refractivity contribution in [2.45, 2.75) is 19.0 Å². The summed E-state index contributed by atoms with van der Waals surface area (Å²) >= 11 is 11.6. The lowest BCUT2D eigenvalue weighted by atomic mass is 10.2. The summed E-state index contributed by atoms with van der Waals surface area (Å²) in [6, 6.07) is 15.0. The molecule has 0 bridgehead atoms. The van der Waals surface area contributed by atoms with E-state index in [2.05, 4.69) is 50.5 Å². The van der Waals surface area contributed by atoms with Gasteiger partial charge in [-0.2, -0.15) is 0 Å². The molecule has 4 rings (SSSR count). The van der Waals surface area contributed by atoms with E-state index in [-0.39, 0.29) is 0 Å². The van der Waals surface area contributed by atoms with E-state index in [0.29, 0.717) is 15.8 Å². The topological polar surface area (TPSA) is 46.9 Å². The second-order valence-electron chi connectivity index (χ2n) is 6.31. The van der Waals surface area contributed by atoms with Crippen molar-refractivity contribution >= 4 is 40.5 Å². The van der Waals surface area contributed by atoms with Gasteiger partial charge >= 0.3 is 0 Å². The molecule has 1 saturated heterocycles. The maximum absolute atomic E-state index is 6.41. The lowest BCUT2D eigenvalue weighted by Crippen LogP contribution is -2.26. The standard InChI is InChI=1S/C18H19ClN4S/c19-14-8-16-17(22-18(24)21-16)9-15(14)20-13-6-7-23(11-13)10-12-4-2-1-3-5-12/h1-5,8-9,13,20H,6-7,10-11H2,(H2,21,22,24). The summed E-state index contributed by atoms with van der Waals surface area (Å²) in [5.41, 5.74) is 4.23. The van der Waals surface area contributed by atoms with Gasteiger partial charge in [0.1, 0.15) is 0 Å². The molecule has 6 heteroatoms. The molecule has 1 aliphatic rings. The van der Waals surface area contributed by atoms with Gasteiger partial charge in [0.05, 0.1) is 21.7 Å². The number of nitrogens with one attached hydrogen (secondary N) is 3. The zero-order valence-corrected chi connectivity index (χ0v) is 14.8. The van der Waals surface area contributed by atoms with E-state index in [0.717, 1.165) is 42.8 Å². The highest BCUT2D eigenvalue weighted by molar-refractivity contribution is 7.71. The molecule has 1 atom stereocenters. The van der Waals surface area contributed by atoms with E-state index >= 15 is 0 Å². The molecular weight excluding hydrogens is 340 g/mol. The molecule has 1 unspecified atom stereocenters.